The van der Waals surface area contributed by atoms with Gasteiger partial charge < -0.3 is 4.90 Å². The summed E-state index contributed by atoms with van der Waals surface area (Å²) in [4.78, 5) is 20.2. The molecule has 4 rings (SSSR count). The summed E-state index contributed by atoms with van der Waals surface area (Å²) in [7, 11) is -3.63. The number of thiazole rings is 1. The van der Waals surface area contributed by atoms with E-state index in [9.17, 15) is 17.6 Å². The van der Waals surface area contributed by atoms with Gasteiger partial charge in [0, 0.05) is 41.1 Å². The van der Waals surface area contributed by atoms with Crippen LogP contribution >= 0.6 is 27.3 Å². The van der Waals surface area contributed by atoms with Crippen molar-refractivity contribution in [2.24, 2.45) is 0 Å². The summed E-state index contributed by atoms with van der Waals surface area (Å²) in [6.07, 6.45) is 0.176. The maximum Gasteiger partial charge on any atom is 0.244 e. The van der Waals surface area contributed by atoms with Crippen LogP contribution in [0.15, 0.2) is 57.9 Å². The minimum atomic E-state index is -3.63. The highest BCUT2D eigenvalue weighted by atomic mass is 79.9. The Morgan fingerprint density at radius 3 is 2.41 bits per heavy atom. The standard InChI is InChI=1S/C22H21BrFN3O3S2/c1-15-25-22(16-6-8-17(24)9-7-16)19(31-15)14-21(28)26-10-12-27(13-11-26)32(29,30)20-5-3-2-4-18(20)23/h2-9H,10-14H2,1H3. The average molecular weight is 538 g/mol. The molecule has 1 aliphatic heterocycles. The van der Waals surface area contributed by atoms with Crippen LogP contribution in [0.3, 0.4) is 0 Å². The fourth-order valence-corrected chi connectivity index (χ4v) is 6.98. The lowest BCUT2D eigenvalue weighted by atomic mass is 10.1. The van der Waals surface area contributed by atoms with E-state index in [0.717, 1.165) is 15.4 Å². The molecule has 0 unspecified atom stereocenters. The number of hydrogen-bond donors (Lipinski definition) is 0. The Morgan fingerprint density at radius 1 is 1.09 bits per heavy atom. The SMILES string of the molecule is Cc1nc(-c2ccc(F)cc2)c(CC(=O)N2CCN(S(=O)(=O)c3ccccc3Br)CC2)s1. The molecule has 0 bridgehead atoms. The minimum absolute atomic E-state index is 0.0741. The lowest BCUT2D eigenvalue weighted by Crippen LogP contribution is -2.50. The Bertz CT molecular complexity index is 1240. The number of halogens is 2. The van der Waals surface area contributed by atoms with Crippen molar-refractivity contribution in [3.05, 3.63) is 68.7 Å². The molecule has 3 aromatic rings. The van der Waals surface area contributed by atoms with E-state index in [2.05, 4.69) is 20.9 Å². The lowest BCUT2D eigenvalue weighted by Gasteiger charge is -2.34. The van der Waals surface area contributed by atoms with Crippen molar-refractivity contribution >= 4 is 43.2 Å². The van der Waals surface area contributed by atoms with Crippen molar-refractivity contribution in [1.82, 2.24) is 14.2 Å². The second-order valence-electron chi connectivity index (χ2n) is 7.40. The van der Waals surface area contributed by atoms with E-state index in [4.69, 9.17) is 0 Å². The van der Waals surface area contributed by atoms with E-state index in [1.54, 1.807) is 41.3 Å². The van der Waals surface area contributed by atoms with Crippen LogP contribution in [0.25, 0.3) is 11.3 Å². The largest absolute Gasteiger partial charge is 0.340 e. The smallest absolute Gasteiger partial charge is 0.244 e. The fraction of sp³-hybridized carbons (Fsp3) is 0.273. The molecule has 1 aromatic heterocycles. The zero-order valence-corrected chi connectivity index (χ0v) is 20.5. The molecule has 2 heterocycles. The second-order valence-corrected chi connectivity index (χ2v) is 11.5. The zero-order chi connectivity index (χ0) is 22.9. The Labute approximate surface area is 198 Å². The van der Waals surface area contributed by atoms with Crippen LogP contribution in [-0.2, 0) is 21.2 Å². The highest BCUT2D eigenvalue weighted by Gasteiger charge is 2.31. The molecule has 2 aromatic carbocycles. The van der Waals surface area contributed by atoms with Crippen LogP contribution in [0.1, 0.15) is 9.88 Å². The highest BCUT2D eigenvalue weighted by Crippen LogP contribution is 2.30. The quantitative estimate of drug-likeness (QED) is 0.491. The number of amides is 1. The topological polar surface area (TPSA) is 70.6 Å². The number of aromatic nitrogens is 1. The molecule has 6 nitrogen and oxygen atoms in total. The Morgan fingerprint density at radius 2 is 1.75 bits per heavy atom. The van der Waals surface area contributed by atoms with Gasteiger partial charge in [-0.2, -0.15) is 4.31 Å². The summed E-state index contributed by atoms with van der Waals surface area (Å²) >= 11 is 4.75. The lowest BCUT2D eigenvalue weighted by molar-refractivity contribution is -0.131. The van der Waals surface area contributed by atoms with Gasteiger partial charge in [-0.3, -0.25) is 4.79 Å². The average Bonchev–Trinajstić information content (AvgIpc) is 3.14. The Kier molecular flexibility index (Phi) is 6.75. The molecule has 0 N–H and O–H groups in total. The molecule has 1 fully saturated rings. The van der Waals surface area contributed by atoms with E-state index in [1.807, 2.05) is 6.92 Å². The van der Waals surface area contributed by atoms with E-state index < -0.39 is 10.0 Å². The van der Waals surface area contributed by atoms with Crippen molar-refractivity contribution in [3.8, 4) is 11.3 Å². The van der Waals surface area contributed by atoms with Crippen LogP contribution in [-0.4, -0.2) is 54.7 Å². The molecule has 168 valence electrons. The number of hydrogen-bond acceptors (Lipinski definition) is 5. The number of nitrogens with zero attached hydrogens (tertiary/aromatic N) is 3. The van der Waals surface area contributed by atoms with E-state index in [1.165, 1.54) is 27.8 Å². The maximum absolute atomic E-state index is 13.3. The highest BCUT2D eigenvalue weighted by molar-refractivity contribution is 9.10. The maximum atomic E-state index is 13.3. The number of benzene rings is 2. The van der Waals surface area contributed by atoms with Crippen LogP contribution in [0, 0.1) is 12.7 Å². The van der Waals surface area contributed by atoms with Crippen molar-refractivity contribution in [3.63, 3.8) is 0 Å². The van der Waals surface area contributed by atoms with Gasteiger partial charge >= 0.3 is 0 Å². The first-order valence-electron chi connectivity index (χ1n) is 10.0. The van der Waals surface area contributed by atoms with Crippen LogP contribution in [0.4, 0.5) is 4.39 Å². The van der Waals surface area contributed by atoms with Gasteiger partial charge in [0.2, 0.25) is 15.9 Å². The third kappa shape index (κ3) is 4.78. The van der Waals surface area contributed by atoms with Crippen LogP contribution in [0.5, 0.6) is 0 Å². The molecular weight excluding hydrogens is 517 g/mol. The van der Waals surface area contributed by atoms with Gasteiger partial charge in [0.15, 0.2) is 0 Å². The van der Waals surface area contributed by atoms with E-state index in [0.29, 0.717) is 23.3 Å². The van der Waals surface area contributed by atoms with E-state index >= 15 is 0 Å². The monoisotopic (exact) mass is 537 g/mol. The third-order valence-corrected chi connectivity index (χ3v) is 9.16. The van der Waals surface area contributed by atoms with Gasteiger partial charge in [-0.05, 0) is 59.3 Å². The predicted molar refractivity (Wildman–Crippen MR) is 125 cm³/mol. The summed E-state index contributed by atoms with van der Waals surface area (Å²) < 4.78 is 41.1. The summed E-state index contributed by atoms with van der Waals surface area (Å²) in [5, 5.41) is 0.830. The summed E-state index contributed by atoms with van der Waals surface area (Å²) in [5.74, 6) is -0.399. The molecule has 1 saturated heterocycles. The van der Waals surface area contributed by atoms with Crippen molar-refractivity contribution in [2.75, 3.05) is 26.2 Å². The molecule has 32 heavy (non-hydrogen) atoms. The van der Waals surface area contributed by atoms with Gasteiger partial charge in [-0.15, -0.1) is 11.3 Å². The molecule has 0 saturated carbocycles. The summed E-state index contributed by atoms with van der Waals surface area (Å²) in [6, 6.07) is 12.8. The number of piperazine rings is 1. The minimum Gasteiger partial charge on any atom is -0.340 e. The van der Waals surface area contributed by atoms with Crippen LogP contribution in [0.2, 0.25) is 0 Å². The first-order chi connectivity index (χ1) is 15.3. The number of aryl methyl sites for hydroxylation is 1. The van der Waals surface area contributed by atoms with Gasteiger partial charge in [0.05, 0.1) is 22.0 Å². The second kappa shape index (κ2) is 9.38. The molecular formula is C22H21BrFN3O3S2. The molecule has 0 radical (unpaired) electrons. The molecule has 0 atom stereocenters. The molecule has 0 spiro atoms. The first-order valence-corrected chi connectivity index (χ1v) is 13.1. The number of sulfonamides is 1. The van der Waals surface area contributed by atoms with Gasteiger partial charge in [0.25, 0.3) is 0 Å². The number of rotatable bonds is 5. The number of carbonyl (C=O) groups excluding carboxylic acids is 1. The van der Waals surface area contributed by atoms with Crippen molar-refractivity contribution < 1.29 is 17.6 Å². The molecule has 0 aliphatic carbocycles. The number of carbonyl (C=O) groups is 1. The third-order valence-electron chi connectivity index (χ3n) is 5.28. The first kappa shape index (κ1) is 23.0. The Hall–Kier alpha value is -2.14. The zero-order valence-electron chi connectivity index (χ0n) is 17.3. The van der Waals surface area contributed by atoms with Crippen LogP contribution < -0.4 is 0 Å². The van der Waals surface area contributed by atoms with Gasteiger partial charge in [-0.25, -0.2) is 17.8 Å². The Balaban J connectivity index is 1.44. The van der Waals surface area contributed by atoms with Gasteiger partial charge in [0.1, 0.15) is 5.82 Å². The fourth-order valence-electron chi connectivity index (χ4n) is 3.64. The summed E-state index contributed by atoms with van der Waals surface area (Å²) in [5.41, 5.74) is 1.46. The van der Waals surface area contributed by atoms with Gasteiger partial charge in [-0.1, -0.05) is 12.1 Å². The predicted octanol–water partition coefficient (Wildman–Crippen LogP) is 4.10. The molecule has 1 amide bonds. The molecule has 10 heteroatoms. The molecule has 1 aliphatic rings. The summed E-state index contributed by atoms with van der Waals surface area (Å²) in [6.45, 7) is 3.00. The van der Waals surface area contributed by atoms with Crippen molar-refractivity contribution in [1.29, 1.82) is 0 Å². The normalized spacial score (nSPS) is 15.2. The van der Waals surface area contributed by atoms with Crippen molar-refractivity contribution in [2.45, 2.75) is 18.2 Å². The van der Waals surface area contributed by atoms with E-state index in [-0.39, 0.29) is 36.1 Å².